The molecule has 0 aliphatic heterocycles. The van der Waals surface area contributed by atoms with Gasteiger partial charge in [0.15, 0.2) is 0 Å². The van der Waals surface area contributed by atoms with Crippen LogP contribution in [0.25, 0.3) is 11.3 Å². The SMILES string of the molecule is CCc1cnc(Nc2ccc(=O)[nH]c2OC)nc1-c1ccccc1NC=O. The molecule has 8 nitrogen and oxygen atoms in total. The molecule has 0 aliphatic carbocycles. The van der Waals surface area contributed by atoms with E-state index in [1.807, 2.05) is 31.2 Å². The van der Waals surface area contributed by atoms with E-state index in [9.17, 15) is 9.59 Å². The molecule has 2 heterocycles. The summed E-state index contributed by atoms with van der Waals surface area (Å²) in [5.41, 5.74) is 3.37. The Balaban J connectivity index is 2.05. The molecule has 27 heavy (non-hydrogen) atoms. The van der Waals surface area contributed by atoms with E-state index in [4.69, 9.17) is 4.74 Å². The number of carbonyl (C=O) groups is 1. The number of aryl methyl sites for hydroxylation is 1. The van der Waals surface area contributed by atoms with Crippen molar-refractivity contribution in [1.29, 1.82) is 0 Å². The van der Waals surface area contributed by atoms with Crippen molar-refractivity contribution < 1.29 is 9.53 Å². The maximum Gasteiger partial charge on any atom is 0.250 e. The Kier molecular flexibility index (Phi) is 5.46. The largest absolute Gasteiger partial charge is 0.481 e. The first-order valence-corrected chi connectivity index (χ1v) is 8.36. The number of para-hydroxylation sites is 1. The summed E-state index contributed by atoms with van der Waals surface area (Å²) < 4.78 is 5.19. The van der Waals surface area contributed by atoms with Crippen molar-refractivity contribution in [2.75, 3.05) is 17.7 Å². The van der Waals surface area contributed by atoms with Gasteiger partial charge in [-0.25, -0.2) is 9.97 Å². The number of carbonyl (C=O) groups excluding carboxylic acids is 1. The van der Waals surface area contributed by atoms with Crippen molar-refractivity contribution in [3.63, 3.8) is 0 Å². The summed E-state index contributed by atoms with van der Waals surface area (Å²) >= 11 is 0. The van der Waals surface area contributed by atoms with Gasteiger partial charge in [-0.05, 0) is 24.1 Å². The molecule has 0 bridgehead atoms. The summed E-state index contributed by atoms with van der Waals surface area (Å²) in [6.07, 6.45) is 3.10. The van der Waals surface area contributed by atoms with E-state index in [0.29, 0.717) is 29.4 Å². The zero-order valence-electron chi connectivity index (χ0n) is 14.9. The Morgan fingerprint density at radius 3 is 2.74 bits per heavy atom. The molecule has 0 atom stereocenters. The van der Waals surface area contributed by atoms with Crippen molar-refractivity contribution >= 4 is 23.7 Å². The molecule has 0 saturated heterocycles. The minimum Gasteiger partial charge on any atom is -0.481 e. The van der Waals surface area contributed by atoms with Crippen LogP contribution < -0.4 is 20.9 Å². The number of aromatic nitrogens is 3. The normalized spacial score (nSPS) is 10.3. The molecule has 8 heteroatoms. The highest BCUT2D eigenvalue weighted by atomic mass is 16.5. The minimum atomic E-state index is -0.269. The third-order valence-electron chi connectivity index (χ3n) is 3.98. The maximum atomic E-state index is 11.4. The highest BCUT2D eigenvalue weighted by Gasteiger charge is 2.13. The Morgan fingerprint density at radius 1 is 1.19 bits per heavy atom. The molecule has 0 spiro atoms. The smallest absolute Gasteiger partial charge is 0.250 e. The number of hydrogen-bond donors (Lipinski definition) is 3. The average Bonchev–Trinajstić information content (AvgIpc) is 2.70. The number of H-pyrrole nitrogens is 1. The fraction of sp³-hybridized carbons (Fsp3) is 0.158. The lowest BCUT2D eigenvalue weighted by atomic mass is 10.0. The van der Waals surface area contributed by atoms with Crippen molar-refractivity contribution in [2.45, 2.75) is 13.3 Å². The lowest BCUT2D eigenvalue weighted by molar-refractivity contribution is -0.105. The molecule has 0 saturated carbocycles. The van der Waals surface area contributed by atoms with Crippen LogP contribution in [0.2, 0.25) is 0 Å². The van der Waals surface area contributed by atoms with Gasteiger partial charge in [0.1, 0.15) is 5.69 Å². The molecule has 3 aromatic rings. The van der Waals surface area contributed by atoms with Gasteiger partial charge in [-0.3, -0.25) is 14.6 Å². The molecule has 0 radical (unpaired) electrons. The van der Waals surface area contributed by atoms with Crippen LogP contribution in [0.15, 0.2) is 47.4 Å². The molecule has 0 fully saturated rings. The Labute approximate surface area is 155 Å². The lowest BCUT2D eigenvalue weighted by Crippen LogP contribution is -2.09. The van der Waals surface area contributed by atoms with Crippen LogP contribution in [0.4, 0.5) is 17.3 Å². The van der Waals surface area contributed by atoms with Gasteiger partial charge in [-0.1, -0.05) is 25.1 Å². The van der Waals surface area contributed by atoms with Gasteiger partial charge >= 0.3 is 0 Å². The Morgan fingerprint density at radius 2 is 2.00 bits per heavy atom. The predicted octanol–water partition coefficient (Wildman–Crippen LogP) is 2.71. The van der Waals surface area contributed by atoms with Crippen molar-refractivity contribution in [2.24, 2.45) is 0 Å². The van der Waals surface area contributed by atoms with Gasteiger partial charge in [0.25, 0.3) is 5.56 Å². The molecule has 3 N–H and O–H groups in total. The van der Waals surface area contributed by atoms with Gasteiger partial charge < -0.3 is 15.4 Å². The molecular formula is C19H19N5O3. The molecule has 3 rings (SSSR count). The number of hydrogen-bond acceptors (Lipinski definition) is 6. The maximum absolute atomic E-state index is 11.4. The van der Waals surface area contributed by atoms with E-state index in [0.717, 1.165) is 17.5 Å². The second-order valence-electron chi connectivity index (χ2n) is 5.62. The minimum absolute atomic E-state index is 0.269. The topological polar surface area (TPSA) is 109 Å². The molecule has 1 aromatic carbocycles. The number of aromatic amines is 1. The van der Waals surface area contributed by atoms with E-state index in [1.54, 1.807) is 12.3 Å². The van der Waals surface area contributed by atoms with Crippen molar-refractivity contribution in [3.8, 4) is 17.1 Å². The molecule has 0 unspecified atom stereocenters. The van der Waals surface area contributed by atoms with Gasteiger partial charge in [0, 0.05) is 23.5 Å². The number of pyridine rings is 1. The van der Waals surface area contributed by atoms with Gasteiger partial charge in [0.2, 0.25) is 18.2 Å². The van der Waals surface area contributed by atoms with Crippen LogP contribution in [-0.2, 0) is 11.2 Å². The first-order chi connectivity index (χ1) is 13.2. The molecule has 2 aromatic heterocycles. The first kappa shape index (κ1) is 18.1. The standard InChI is InChI=1S/C19H19N5O3/c1-3-12-10-20-19(22-15-8-9-16(26)23-18(15)27-2)24-17(12)13-6-4-5-7-14(13)21-11-25/h4-11H,3H2,1-2H3,(H,21,25)(H,23,26)(H,20,22,24). The summed E-state index contributed by atoms with van der Waals surface area (Å²) in [7, 11) is 1.46. The number of nitrogens with zero attached hydrogens (tertiary/aromatic N) is 2. The third-order valence-corrected chi connectivity index (χ3v) is 3.98. The first-order valence-electron chi connectivity index (χ1n) is 8.36. The van der Waals surface area contributed by atoms with Gasteiger partial charge in [0.05, 0.1) is 12.8 Å². The summed E-state index contributed by atoms with van der Waals surface area (Å²) in [4.78, 5) is 33.9. The summed E-state index contributed by atoms with van der Waals surface area (Å²) in [6, 6.07) is 10.4. The van der Waals surface area contributed by atoms with Gasteiger partial charge in [-0.2, -0.15) is 0 Å². The number of benzene rings is 1. The summed E-state index contributed by atoms with van der Waals surface area (Å²) in [6.45, 7) is 2.01. The van der Waals surface area contributed by atoms with E-state index >= 15 is 0 Å². The van der Waals surface area contributed by atoms with E-state index in [2.05, 4.69) is 25.6 Å². The van der Waals surface area contributed by atoms with Gasteiger partial charge in [-0.15, -0.1) is 0 Å². The van der Waals surface area contributed by atoms with Crippen LogP contribution in [0.1, 0.15) is 12.5 Å². The van der Waals surface area contributed by atoms with E-state index in [-0.39, 0.29) is 11.4 Å². The third kappa shape index (κ3) is 3.95. The lowest BCUT2D eigenvalue weighted by Gasteiger charge is -2.14. The van der Waals surface area contributed by atoms with Crippen molar-refractivity contribution in [3.05, 3.63) is 58.5 Å². The zero-order valence-corrected chi connectivity index (χ0v) is 14.9. The molecular weight excluding hydrogens is 346 g/mol. The van der Waals surface area contributed by atoms with Crippen LogP contribution >= 0.6 is 0 Å². The second-order valence-corrected chi connectivity index (χ2v) is 5.62. The highest BCUT2D eigenvalue weighted by molar-refractivity contribution is 5.85. The highest BCUT2D eigenvalue weighted by Crippen LogP contribution is 2.30. The molecule has 138 valence electrons. The fourth-order valence-electron chi connectivity index (χ4n) is 2.67. The number of nitrogens with one attached hydrogen (secondary N) is 3. The molecule has 1 amide bonds. The summed E-state index contributed by atoms with van der Waals surface area (Å²) in [5, 5.41) is 5.75. The quantitative estimate of drug-likeness (QED) is 0.556. The monoisotopic (exact) mass is 365 g/mol. The molecule has 0 aliphatic rings. The van der Waals surface area contributed by atoms with E-state index < -0.39 is 0 Å². The number of rotatable bonds is 7. The van der Waals surface area contributed by atoms with Crippen LogP contribution in [0, 0.1) is 0 Å². The second kappa shape index (κ2) is 8.13. The average molecular weight is 365 g/mol. The number of anilines is 3. The van der Waals surface area contributed by atoms with Crippen LogP contribution in [-0.4, -0.2) is 28.5 Å². The van der Waals surface area contributed by atoms with Crippen LogP contribution in [0.3, 0.4) is 0 Å². The van der Waals surface area contributed by atoms with Crippen molar-refractivity contribution in [1.82, 2.24) is 15.0 Å². The Hall–Kier alpha value is -3.68. The predicted molar refractivity (Wildman–Crippen MR) is 103 cm³/mol. The number of methoxy groups -OCH3 is 1. The number of ether oxygens (including phenoxy) is 1. The number of amides is 1. The summed E-state index contributed by atoms with van der Waals surface area (Å²) in [5.74, 6) is 0.628. The van der Waals surface area contributed by atoms with Crippen LogP contribution in [0.5, 0.6) is 5.88 Å². The Bertz CT molecular complexity index is 1020. The van der Waals surface area contributed by atoms with E-state index in [1.165, 1.54) is 13.2 Å². The fourth-order valence-corrected chi connectivity index (χ4v) is 2.67. The zero-order chi connectivity index (χ0) is 19.2.